The maximum Gasteiger partial charge on any atom is 0.106 e. The number of aromatic amines is 1. The van der Waals surface area contributed by atoms with Gasteiger partial charge in [-0.3, -0.25) is 0 Å². The summed E-state index contributed by atoms with van der Waals surface area (Å²) in [5.74, 6) is 0.975. The van der Waals surface area contributed by atoms with E-state index in [1.54, 1.807) is 12.3 Å². The first-order chi connectivity index (χ1) is 8.81. The highest BCUT2D eigenvalue weighted by atomic mass is 35.5. The zero-order valence-electron chi connectivity index (χ0n) is 9.78. The lowest BCUT2D eigenvalue weighted by molar-refractivity contribution is 0.816. The fourth-order valence-corrected chi connectivity index (χ4v) is 1.92. The molecule has 0 spiro atoms. The Bertz CT molecular complexity index is 543. The van der Waals surface area contributed by atoms with E-state index >= 15 is 0 Å². The van der Waals surface area contributed by atoms with Crippen molar-refractivity contribution in [2.45, 2.75) is 12.8 Å². The Kier molecular flexibility index (Phi) is 4.21. The number of nitriles is 1. The summed E-state index contributed by atoms with van der Waals surface area (Å²) in [7, 11) is 0. The highest BCUT2D eigenvalue weighted by Crippen LogP contribution is 2.23. The standard InChI is InChI=1S/C13H13ClN4/c14-11-3-1-4-12(10(11)9-15)16-6-2-5-13-17-7-8-18-13/h1,3-4,7-8,16H,2,5-6H2,(H,17,18). The molecule has 2 rings (SSSR count). The third kappa shape index (κ3) is 3.02. The van der Waals surface area contributed by atoms with Crippen molar-refractivity contribution < 1.29 is 0 Å². The number of rotatable bonds is 5. The number of hydrogen-bond acceptors (Lipinski definition) is 3. The molecule has 1 aromatic heterocycles. The van der Waals surface area contributed by atoms with E-state index in [0.717, 1.165) is 30.9 Å². The van der Waals surface area contributed by atoms with E-state index in [1.807, 2.05) is 18.3 Å². The molecule has 1 heterocycles. The van der Waals surface area contributed by atoms with Gasteiger partial charge >= 0.3 is 0 Å². The maximum absolute atomic E-state index is 9.02. The average molecular weight is 261 g/mol. The molecule has 0 aliphatic carbocycles. The predicted molar refractivity (Wildman–Crippen MR) is 71.6 cm³/mol. The van der Waals surface area contributed by atoms with Crippen LogP contribution in [0.4, 0.5) is 5.69 Å². The Morgan fingerprint density at radius 3 is 3.06 bits per heavy atom. The molecule has 92 valence electrons. The van der Waals surface area contributed by atoms with Gasteiger partial charge in [0.25, 0.3) is 0 Å². The minimum absolute atomic E-state index is 0.480. The lowest BCUT2D eigenvalue weighted by Crippen LogP contribution is -2.05. The summed E-state index contributed by atoms with van der Waals surface area (Å²) in [5.41, 5.74) is 1.28. The molecule has 0 saturated carbocycles. The summed E-state index contributed by atoms with van der Waals surface area (Å²) in [6.07, 6.45) is 5.37. The molecule has 18 heavy (non-hydrogen) atoms. The fraction of sp³-hybridized carbons (Fsp3) is 0.231. The third-order valence-corrected chi connectivity index (χ3v) is 2.90. The molecule has 0 unspecified atom stereocenters. The van der Waals surface area contributed by atoms with Gasteiger partial charge in [-0.2, -0.15) is 5.26 Å². The van der Waals surface area contributed by atoms with Crippen molar-refractivity contribution in [3.63, 3.8) is 0 Å². The second-order valence-corrected chi connectivity index (χ2v) is 4.25. The molecule has 2 aromatic rings. The Morgan fingerprint density at radius 2 is 2.33 bits per heavy atom. The number of anilines is 1. The zero-order valence-corrected chi connectivity index (χ0v) is 10.5. The summed E-state index contributed by atoms with van der Waals surface area (Å²) in [4.78, 5) is 7.21. The highest BCUT2D eigenvalue weighted by Gasteiger charge is 2.05. The number of imidazole rings is 1. The van der Waals surface area contributed by atoms with Crippen LogP contribution in [0.5, 0.6) is 0 Å². The lowest BCUT2D eigenvalue weighted by atomic mass is 10.2. The van der Waals surface area contributed by atoms with Crippen molar-refractivity contribution in [3.05, 3.63) is 47.0 Å². The van der Waals surface area contributed by atoms with Crippen molar-refractivity contribution in [1.82, 2.24) is 9.97 Å². The molecule has 0 aliphatic heterocycles. The molecule has 0 aliphatic rings. The number of halogens is 1. The van der Waals surface area contributed by atoms with Gasteiger partial charge in [0.15, 0.2) is 0 Å². The predicted octanol–water partition coefficient (Wildman–Crippen LogP) is 2.98. The molecule has 0 amide bonds. The van der Waals surface area contributed by atoms with Gasteiger partial charge < -0.3 is 10.3 Å². The average Bonchev–Trinajstić information content (AvgIpc) is 2.88. The van der Waals surface area contributed by atoms with Crippen LogP contribution in [-0.4, -0.2) is 16.5 Å². The molecular formula is C13H13ClN4. The van der Waals surface area contributed by atoms with Gasteiger partial charge in [0, 0.05) is 25.4 Å². The van der Waals surface area contributed by atoms with Crippen LogP contribution in [0.1, 0.15) is 17.8 Å². The van der Waals surface area contributed by atoms with E-state index in [4.69, 9.17) is 16.9 Å². The van der Waals surface area contributed by atoms with Crippen molar-refractivity contribution >= 4 is 17.3 Å². The first kappa shape index (κ1) is 12.5. The van der Waals surface area contributed by atoms with Crippen LogP contribution >= 0.6 is 11.6 Å². The Morgan fingerprint density at radius 1 is 1.44 bits per heavy atom. The third-order valence-electron chi connectivity index (χ3n) is 2.59. The summed E-state index contributed by atoms with van der Waals surface area (Å²) >= 11 is 5.95. The maximum atomic E-state index is 9.02. The number of nitrogens with one attached hydrogen (secondary N) is 2. The molecular weight excluding hydrogens is 248 g/mol. The fourth-order valence-electron chi connectivity index (χ4n) is 1.70. The number of hydrogen-bond donors (Lipinski definition) is 2. The molecule has 0 bridgehead atoms. The molecule has 0 saturated heterocycles. The SMILES string of the molecule is N#Cc1c(Cl)cccc1NCCCc1ncc[nH]1. The van der Waals surface area contributed by atoms with Crippen LogP contribution in [0.2, 0.25) is 5.02 Å². The Labute approximate surface area is 111 Å². The summed E-state index contributed by atoms with van der Waals surface area (Å²) in [6, 6.07) is 7.51. The smallest absolute Gasteiger partial charge is 0.106 e. The van der Waals surface area contributed by atoms with Gasteiger partial charge in [-0.15, -0.1) is 0 Å². The highest BCUT2D eigenvalue weighted by molar-refractivity contribution is 6.32. The molecule has 0 atom stereocenters. The van der Waals surface area contributed by atoms with Gasteiger partial charge in [0.05, 0.1) is 16.3 Å². The zero-order chi connectivity index (χ0) is 12.8. The molecule has 2 N–H and O–H groups in total. The quantitative estimate of drug-likeness (QED) is 0.813. The van der Waals surface area contributed by atoms with Gasteiger partial charge in [-0.1, -0.05) is 17.7 Å². The minimum atomic E-state index is 0.480. The van der Waals surface area contributed by atoms with Crippen molar-refractivity contribution in [3.8, 4) is 6.07 Å². The van der Waals surface area contributed by atoms with Crippen LogP contribution < -0.4 is 5.32 Å². The number of aromatic nitrogens is 2. The van der Waals surface area contributed by atoms with Crippen LogP contribution in [0.15, 0.2) is 30.6 Å². The number of nitrogens with zero attached hydrogens (tertiary/aromatic N) is 2. The molecule has 4 nitrogen and oxygen atoms in total. The summed E-state index contributed by atoms with van der Waals surface area (Å²) < 4.78 is 0. The van der Waals surface area contributed by atoms with E-state index in [2.05, 4.69) is 21.4 Å². The number of benzene rings is 1. The van der Waals surface area contributed by atoms with Gasteiger partial charge in [0.2, 0.25) is 0 Å². The summed E-state index contributed by atoms with van der Waals surface area (Å²) in [5, 5.41) is 12.7. The van der Waals surface area contributed by atoms with E-state index < -0.39 is 0 Å². The van der Waals surface area contributed by atoms with Crippen molar-refractivity contribution in [2.24, 2.45) is 0 Å². The first-order valence-corrected chi connectivity index (χ1v) is 6.10. The number of aryl methyl sites for hydroxylation is 1. The molecule has 1 aromatic carbocycles. The van der Waals surface area contributed by atoms with E-state index in [-0.39, 0.29) is 0 Å². The van der Waals surface area contributed by atoms with Gasteiger partial charge in [-0.05, 0) is 18.6 Å². The molecule has 0 fully saturated rings. The van der Waals surface area contributed by atoms with Crippen LogP contribution in [0, 0.1) is 11.3 Å². The Balaban J connectivity index is 1.87. The second kappa shape index (κ2) is 6.08. The second-order valence-electron chi connectivity index (χ2n) is 3.84. The molecule has 0 radical (unpaired) electrons. The first-order valence-electron chi connectivity index (χ1n) is 5.72. The Hall–Kier alpha value is -1.99. The van der Waals surface area contributed by atoms with E-state index in [9.17, 15) is 0 Å². The largest absolute Gasteiger partial charge is 0.384 e. The van der Waals surface area contributed by atoms with Crippen LogP contribution in [-0.2, 0) is 6.42 Å². The topological polar surface area (TPSA) is 64.5 Å². The van der Waals surface area contributed by atoms with Crippen LogP contribution in [0.3, 0.4) is 0 Å². The van der Waals surface area contributed by atoms with E-state index in [0.29, 0.717) is 10.6 Å². The normalized spacial score (nSPS) is 10.0. The minimum Gasteiger partial charge on any atom is -0.384 e. The lowest BCUT2D eigenvalue weighted by Gasteiger charge is -2.08. The van der Waals surface area contributed by atoms with Crippen molar-refractivity contribution in [2.75, 3.05) is 11.9 Å². The molecule has 5 heteroatoms. The van der Waals surface area contributed by atoms with Gasteiger partial charge in [0.1, 0.15) is 11.9 Å². The number of H-pyrrole nitrogens is 1. The van der Waals surface area contributed by atoms with E-state index in [1.165, 1.54) is 0 Å². The van der Waals surface area contributed by atoms with Crippen molar-refractivity contribution in [1.29, 1.82) is 5.26 Å². The van der Waals surface area contributed by atoms with Crippen LogP contribution in [0.25, 0.3) is 0 Å². The van der Waals surface area contributed by atoms with Gasteiger partial charge in [-0.25, -0.2) is 4.98 Å². The monoisotopic (exact) mass is 260 g/mol. The summed E-state index contributed by atoms with van der Waals surface area (Å²) in [6.45, 7) is 0.774.